The van der Waals surface area contributed by atoms with Crippen LogP contribution in [-0.2, 0) is 18.9 Å². The largest absolute Gasteiger partial charge is 0.622 e. The van der Waals surface area contributed by atoms with Gasteiger partial charge in [-0.1, -0.05) is 13.8 Å². The topological polar surface area (TPSA) is 79.9 Å². The highest BCUT2D eigenvalue weighted by molar-refractivity contribution is 7.80. The molecular weight excluding hydrogens is 305 g/mol. The highest BCUT2D eigenvalue weighted by Gasteiger charge is 2.40. The molecule has 1 aliphatic rings. The van der Waals surface area contributed by atoms with Crippen LogP contribution in [-0.4, -0.2) is 61.7 Å². The van der Waals surface area contributed by atoms with Gasteiger partial charge in [-0.15, -0.1) is 0 Å². The fourth-order valence-corrected chi connectivity index (χ4v) is 2.44. The van der Waals surface area contributed by atoms with E-state index in [0.717, 1.165) is 0 Å². The Morgan fingerprint density at radius 1 is 1.32 bits per heavy atom. The average molecular weight is 329 g/mol. The van der Waals surface area contributed by atoms with E-state index in [1.807, 2.05) is 20.8 Å². The molecule has 1 atom stereocenters. The van der Waals surface area contributed by atoms with Gasteiger partial charge in [0.2, 0.25) is 0 Å². The van der Waals surface area contributed by atoms with Crippen LogP contribution in [0.3, 0.4) is 0 Å². The number of nitrogens with one attached hydrogen (secondary N) is 2. The number of nitrogens with zero attached hydrogens (tertiary/aromatic N) is 1. The van der Waals surface area contributed by atoms with Crippen molar-refractivity contribution in [2.75, 3.05) is 26.7 Å². The Balaban J connectivity index is 2.82. The van der Waals surface area contributed by atoms with Crippen LogP contribution in [0.15, 0.2) is 0 Å². The van der Waals surface area contributed by atoms with E-state index in [0.29, 0.717) is 24.0 Å². The molecule has 0 aliphatic carbocycles. The molecular formula is C13H24BN3O4S. The third-order valence-corrected chi connectivity index (χ3v) is 3.26. The van der Waals surface area contributed by atoms with Gasteiger partial charge in [0.15, 0.2) is 5.11 Å². The first-order valence-electron chi connectivity index (χ1n) is 7.43. The van der Waals surface area contributed by atoms with Crippen LogP contribution >= 0.6 is 12.2 Å². The van der Waals surface area contributed by atoms with Gasteiger partial charge < -0.3 is 19.9 Å². The summed E-state index contributed by atoms with van der Waals surface area (Å²) in [7, 11) is 0.681. The maximum Gasteiger partial charge on any atom is 0.622 e. The van der Waals surface area contributed by atoms with Crippen molar-refractivity contribution < 1.29 is 18.9 Å². The Hall–Kier alpha value is -1.35. The lowest BCUT2D eigenvalue weighted by molar-refractivity contribution is -0.146. The second-order valence-electron chi connectivity index (χ2n) is 5.76. The zero-order valence-corrected chi connectivity index (χ0v) is 14.4. The first-order valence-corrected chi connectivity index (χ1v) is 7.84. The third kappa shape index (κ3) is 6.61. The summed E-state index contributed by atoms with van der Waals surface area (Å²) < 4.78 is 10.6. The third-order valence-electron chi connectivity index (χ3n) is 3.00. The van der Waals surface area contributed by atoms with Crippen molar-refractivity contribution in [1.29, 1.82) is 0 Å². The second-order valence-corrected chi connectivity index (χ2v) is 6.17. The number of rotatable bonds is 5. The molecule has 0 radical (unpaired) electrons. The molecule has 0 spiro atoms. The number of hydrogen-bond acceptors (Lipinski definition) is 6. The molecule has 0 aromatic carbocycles. The Morgan fingerprint density at radius 3 is 2.32 bits per heavy atom. The first kappa shape index (κ1) is 18.7. The number of hydrogen-bond donors (Lipinski definition) is 2. The molecule has 7 nitrogen and oxygen atoms in total. The Bertz CT molecular complexity index is 402. The fraction of sp³-hybridized carbons (Fsp3) is 0.769. The van der Waals surface area contributed by atoms with E-state index in [-0.39, 0.29) is 19.0 Å². The van der Waals surface area contributed by atoms with Gasteiger partial charge in [-0.2, -0.15) is 0 Å². The van der Waals surface area contributed by atoms with Crippen LogP contribution in [0.5, 0.6) is 0 Å². The molecule has 0 aromatic heterocycles. The van der Waals surface area contributed by atoms with E-state index in [9.17, 15) is 9.59 Å². The SMILES string of the molecule is CCNC(=S)NC(CC(C)C)B1OC(=O)CN(C)CC(=O)O1. The molecule has 2 N–H and O–H groups in total. The number of carbonyl (C=O) groups excluding carboxylic acids is 2. The molecule has 0 bridgehead atoms. The lowest BCUT2D eigenvalue weighted by Crippen LogP contribution is -2.56. The summed E-state index contributed by atoms with van der Waals surface area (Å²) in [5, 5.41) is 6.49. The fourth-order valence-electron chi connectivity index (χ4n) is 2.14. The van der Waals surface area contributed by atoms with Crippen molar-refractivity contribution in [2.45, 2.75) is 33.1 Å². The molecule has 124 valence electrons. The van der Waals surface area contributed by atoms with Gasteiger partial charge in [-0.3, -0.25) is 14.5 Å². The lowest BCUT2D eigenvalue weighted by Gasteiger charge is -2.29. The molecule has 1 saturated heterocycles. The van der Waals surface area contributed by atoms with Gasteiger partial charge >= 0.3 is 19.1 Å². The van der Waals surface area contributed by atoms with Crippen molar-refractivity contribution in [3.8, 4) is 0 Å². The van der Waals surface area contributed by atoms with Crippen molar-refractivity contribution >= 4 is 36.4 Å². The summed E-state index contributed by atoms with van der Waals surface area (Å²) in [6, 6.07) is 0. The van der Waals surface area contributed by atoms with E-state index >= 15 is 0 Å². The summed E-state index contributed by atoms with van der Waals surface area (Å²) >= 11 is 5.18. The van der Waals surface area contributed by atoms with Crippen LogP contribution < -0.4 is 10.6 Å². The van der Waals surface area contributed by atoms with Crippen molar-refractivity contribution in [1.82, 2.24) is 15.5 Å². The van der Waals surface area contributed by atoms with Crippen molar-refractivity contribution in [3.05, 3.63) is 0 Å². The predicted octanol–water partition coefficient (Wildman–Crippen LogP) is -0.0557. The summed E-state index contributed by atoms with van der Waals surface area (Å²) in [6.07, 6.45) is 0.645. The lowest BCUT2D eigenvalue weighted by atomic mass is 9.73. The molecule has 22 heavy (non-hydrogen) atoms. The van der Waals surface area contributed by atoms with Crippen molar-refractivity contribution in [3.63, 3.8) is 0 Å². The molecule has 1 fully saturated rings. The Labute approximate surface area is 137 Å². The van der Waals surface area contributed by atoms with Crippen LogP contribution in [0, 0.1) is 5.92 Å². The molecule has 0 saturated carbocycles. The van der Waals surface area contributed by atoms with Gasteiger partial charge in [0, 0.05) is 6.54 Å². The minimum Gasteiger partial charge on any atom is -0.497 e. The Kier molecular flexibility index (Phi) is 7.60. The molecule has 1 heterocycles. The van der Waals surface area contributed by atoms with Crippen LogP contribution in [0.2, 0.25) is 0 Å². The number of thiocarbonyl (C=S) groups is 1. The Morgan fingerprint density at radius 2 is 1.86 bits per heavy atom. The van der Waals surface area contributed by atoms with Gasteiger partial charge in [-0.05, 0) is 38.5 Å². The smallest absolute Gasteiger partial charge is 0.497 e. The molecule has 1 aliphatic heterocycles. The van der Waals surface area contributed by atoms with Gasteiger partial charge in [0.1, 0.15) is 0 Å². The minimum absolute atomic E-state index is 0.0532. The van der Waals surface area contributed by atoms with Crippen molar-refractivity contribution in [2.24, 2.45) is 5.92 Å². The molecule has 1 unspecified atom stereocenters. The summed E-state index contributed by atoms with van der Waals surface area (Å²) in [5.74, 6) is -0.926. The van der Waals surface area contributed by atoms with Gasteiger partial charge in [-0.25, -0.2) is 0 Å². The maximum atomic E-state index is 11.8. The van der Waals surface area contributed by atoms with Gasteiger partial charge in [0.05, 0.1) is 19.0 Å². The quantitative estimate of drug-likeness (QED) is 0.537. The number of likely N-dealkylation sites (N-methyl/N-ethyl adjacent to an activating group) is 1. The first-order chi connectivity index (χ1) is 10.3. The number of carbonyl (C=O) groups is 2. The van der Waals surface area contributed by atoms with Crippen LogP contribution in [0.25, 0.3) is 0 Å². The summed E-state index contributed by atoms with van der Waals surface area (Å²) in [6.45, 7) is 6.78. The zero-order valence-electron chi connectivity index (χ0n) is 13.5. The molecule has 1 rings (SSSR count). The standard InChI is InChI=1S/C13H24BN3O4S/c1-5-15-13(22)16-10(6-9(2)3)14-20-11(18)7-17(4)8-12(19)21-14/h9-10H,5-8H2,1-4H3,(H2,15,16,22). The van der Waals surface area contributed by atoms with E-state index in [2.05, 4.69) is 10.6 Å². The van der Waals surface area contributed by atoms with E-state index in [4.69, 9.17) is 21.5 Å². The zero-order chi connectivity index (χ0) is 16.7. The average Bonchev–Trinajstić information content (AvgIpc) is 2.34. The highest BCUT2D eigenvalue weighted by Crippen LogP contribution is 2.12. The van der Waals surface area contributed by atoms with E-state index in [1.165, 1.54) is 0 Å². The molecule has 0 amide bonds. The summed E-state index contributed by atoms with van der Waals surface area (Å²) in [4.78, 5) is 25.2. The normalized spacial score (nSPS) is 18.1. The predicted molar refractivity (Wildman–Crippen MR) is 88.1 cm³/mol. The maximum absolute atomic E-state index is 11.8. The molecule has 9 heteroatoms. The van der Waals surface area contributed by atoms with Crippen LogP contribution in [0.1, 0.15) is 27.2 Å². The van der Waals surface area contributed by atoms with Gasteiger partial charge in [0.25, 0.3) is 0 Å². The van der Waals surface area contributed by atoms with Crippen LogP contribution in [0.4, 0.5) is 0 Å². The summed E-state index contributed by atoms with van der Waals surface area (Å²) in [5.41, 5.74) is 0. The van der Waals surface area contributed by atoms with E-state index in [1.54, 1.807) is 11.9 Å². The second kappa shape index (κ2) is 8.94. The highest BCUT2D eigenvalue weighted by atomic mass is 32.1. The molecule has 0 aromatic rings. The minimum atomic E-state index is -0.979. The monoisotopic (exact) mass is 329 g/mol. The van der Waals surface area contributed by atoms with E-state index < -0.39 is 19.1 Å².